The Bertz CT molecular complexity index is 522. The van der Waals surface area contributed by atoms with Gasteiger partial charge in [0.05, 0.1) is 9.83 Å². The number of halogens is 1. The lowest BCUT2D eigenvalue weighted by atomic mass is 10.0. The number of thiophene rings is 1. The highest BCUT2D eigenvalue weighted by atomic mass is 79.9. The van der Waals surface area contributed by atoms with Gasteiger partial charge in [0.2, 0.25) is 0 Å². The average Bonchev–Trinajstić information content (AvgIpc) is 2.71. The first-order chi connectivity index (χ1) is 8.11. The van der Waals surface area contributed by atoms with Gasteiger partial charge in [0.25, 0.3) is 0 Å². The summed E-state index contributed by atoms with van der Waals surface area (Å²) in [4.78, 5) is 1.21. The van der Waals surface area contributed by atoms with E-state index >= 15 is 0 Å². The summed E-state index contributed by atoms with van der Waals surface area (Å²) in [6, 6.07) is 10.6. The zero-order valence-electron chi connectivity index (χ0n) is 9.83. The van der Waals surface area contributed by atoms with Gasteiger partial charge in [0.1, 0.15) is 0 Å². The first kappa shape index (κ1) is 12.8. The van der Waals surface area contributed by atoms with Crippen molar-refractivity contribution in [3.8, 4) is 0 Å². The predicted molar refractivity (Wildman–Crippen MR) is 77.1 cm³/mol. The van der Waals surface area contributed by atoms with Crippen LogP contribution in [-0.2, 0) is 0 Å². The van der Waals surface area contributed by atoms with Crippen molar-refractivity contribution in [2.45, 2.75) is 19.9 Å². The van der Waals surface area contributed by atoms with Gasteiger partial charge >= 0.3 is 0 Å². The molecular formula is C13H15BrN2S. The lowest BCUT2D eigenvalue weighted by molar-refractivity contribution is 0.646. The summed E-state index contributed by atoms with van der Waals surface area (Å²) in [5.41, 5.74) is 6.68. The number of hydrazine groups is 1. The molecule has 0 saturated heterocycles. The van der Waals surface area contributed by atoms with Gasteiger partial charge in [0.15, 0.2) is 0 Å². The van der Waals surface area contributed by atoms with Gasteiger partial charge in [-0.05, 0) is 58.6 Å². The molecule has 1 heterocycles. The van der Waals surface area contributed by atoms with Crippen LogP contribution in [0.3, 0.4) is 0 Å². The van der Waals surface area contributed by atoms with Crippen LogP contribution in [0.1, 0.15) is 27.6 Å². The summed E-state index contributed by atoms with van der Waals surface area (Å²) in [5.74, 6) is 5.68. The van der Waals surface area contributed by atoms with Crippen molar-refractivity contribution in [1.29, 1.82) is 0 Å². The highest BCUT2D eigenvalue weighted by Crippen LogP contribution is 2.31. The second kappa shape index (κ2) is 5.31. The zero-order valence-corrected chi connectivity index (χ0v) is 12.2. The molecular weight excluding hydrogens is 296 g/mol. The summed E-state index contributed by atoms with van der Waals surface area (Å²) in [6.45, 7) is 4.24. The minimum Gasteiger partial charge on any atom is -0.271 e. The van der Waals surface area contributed by atoms with E-state index in [4.69, 9.17) is 5.84 Å². The summed E-state index contributed by atoms with van der Waals surface area (Å²) in [7, 11) is 0. The fourth-order valence-corrected chi connectivity index (χ4v) is 3.28. The molecule has 0 aliphatic rings. The van der Waals surface area contributed by atoms with Crippen LogP contribution in [0, 0.1) is 13.8 Å². The Kier molecular flexibility index (Phi) is 3.99. The molecule has 3 N–H and O–H groups in total. The number of nitrogens with one attached hydrogen (secondary N) is 1. The van der Waals surface area contributed by atoms with E-state index in [1.807, 2.05) is 6.07 Å². The number of rotatable bonds is 3. The van der Waals surface area contributed by atoms with Crippen molar-refractivity contribution in [2.24, 2.45) is 5.84 Å². The molecule has 0 bridgehead atoms. The van der Waals surface area contributed by atoms with Gasteiger partial charge in [-0.1, -0.05) is 18.2 Å². The third-order valence-corrected chi connectivity index (χ3v) is 4.60. The second-order valence-corrected chi connectivity index (χ2v) is 6.58. The Labute approximate surface area is 114 Å². The number of hydrogen-bond donors (Lipinski definition) is 2. The molecule has 2 rings (SSSR count). The minimum absolute atomic E-state index is 0.0607. The van der Waals surface area contributed by atoms with Crippen LogP contribution in [0.15, 0.2) is 34.1 Å². The maximum atomic E-state index is 5.68. The maximum absolute atomic E-state index is 5.68. The molecule has 0 radical (unpaired) electrons. The van der Waals surface area contributed by atoms with Gasteiger partial charge in [0, 0.05) is 4.88 Å². The molecule has 0 amide bonds. The van der Waals surface area contributed by atoms with E-state index in [0.29, 0.717) is 0 Å². The van der Waals surface area contributed by atoms with Gasteiger partial charge in [-0.3, -0.25) is 5.84 Å². The Balaban J connectivity index is 2.38. The predicted octanol–water partition coefficient (Wildman–Crippen LogP) is 3.68. The number of aryl methyl sites for hydroxylation is 2. The first-order valence-corrected chi connectivity index (χ1v) is 7.01. The van der Waals surface area contributed by atoms with E-state index in [9.17, 15) is 0 Å². The molecule has 90 valence electrons. The molecule has 1 aromatic carbocycles. The van der Waals surface area contributed by atoms with Crippen LogP contribution < -0.4 is 11.3 Å². The fraction of sp³-hybridized carbons (Fsp3) is 0.231. The molecule has 1 unspecified atom stereocenters. The van der Waals surface area contributed by atoms with Crippen molar-refractivity contribution < 1.29 is 0 Å². The lowest BCUT2D eigenvalue weighted by Gasteiger charge is -2.16. The standard InChI is InChI=1S/C13H15BrN2S/c1-8-3-4-10(7-9(8)2)13(16-15)11-5-6-12(14)17-11/h3-7,13,16H,15H2,1-2H3. The third kappa shape index (κ3) is 2.77. The van der Waals surface area contributed by atoms with Gasteiger partial charge in [-0.15, -0.1) is 11.3 Å². The number of hydrogen-bond acceptors (Lipinski definition) is 3. The van der Waals surface area contributed by atoms with E-state index in [0.717, 1.165) is 3.79 Å². The molecule has 17 heavy (non-hydrogen) atoms. The molecule has 0 spiro atoms. The Morgan fingerprint density at radius 1 is 1.18 bits per heavy atom. The van der Waals surface area contributed by atoms with Crippen molar-refractivity contribution >= 4 is 27.3 Å². The molecule has 1 atom stereocenters. The average molecular weight is 311 g/mol. The monoisotopic (exact) mass is 310 g/mol. The van der Waals surface area contributed by atoms with Crippen LogP contribution >= 0.6 is 27.3 Å². The molecule has 2 nitrogen and oxygen atoms in total. The smallest absolute Gasteiger partial charge is 0.0803 e. The summed E-state index contributed by atoms with van der Waals surface area (Å²) in [5, 5.41) is 0. The van der Waals surface area contributed by atoms with E-state index in [-0.39, 0.29) is 6.04 Å². The molecule has 0 fully saturated rings. The number of benzene rings is 1. The van der Waals surface area contributed by atoms with Crippen LogP contribution in [0.4, 0.5) is 0 Å². The van der Waals surface area contributed by atoms with Crippen molar-refractivity contribution in [1.82, 2.24) is 5.43 Å². The summed E-state index contributed by atoms with van der Waals surface area (Å²) < 4.78 is 1.12. The van der Waals surface area contributed by atoms with Gasteiger partial charge < -0.3 is 0 Å². The quantitative estimate of drug-likeness (QED) is 0.670. The van der Waals surface area contributed by atoms with E-state index in [1.54, 1.807) is 11.3 Å². The lowest BCUT2D eigenvalue weighted by Crippen LogP contribution is -2.28. The molecule has 2 aromatic rings. The second-order valence-electron chi connectivity index (χ2n) is 4.09. The van der Waals surface area contributed by atoms with Crippen LogP contribution in [0.5, 0.6) is 0 Å². The molecule has 4 heteroatoms. The normalized spacial score (nSPS) is 12.7. The first-order valence-electron chi connectivity index (χ1n) is 5.40. The minimum atomic E-state index is 0.0607. The van der Waals surface area contributed by atoms with Gasteiger partial charge in [-0.25, -0.2) is 5.43 Å². The topological polar surface area (TPSA) is 38.0 Å². The van der Waals surface area contributed by atoms with Crippen LogP contribution in [0.2, 0.25) is 0 Å². The summed E-state index contributed by atoms with van der Waals surface area (Å²) >= 11 is 5.18. The van der Waals surface area contributed by atoms with Crippen LogP contribution in [0.25, 0.3) is 0 Å². The molecule has 0 saturated carbocycles. The summed E-state index contributed by atoms with van der Waals surface area (Å²) in [6.07, 6.45) is 0. The van der Waals surface area contributed by atoms with E-state index < -0.39 is 0 Å². The van der Waals surface area contributed by atoms with Crippen molar-refractivity contribution in [3.63, 3.8) is 0 Å². The molecule has 1 aromatic heterocycles. The Hall–Kier alpha value is -0.680. The van der Waals surface area contributed by atoms with E-state index in [1.165, 1.54) is 21.6 Å². The highest BCUT2D eigenvalue weighted by molar-refractivity contribution is 9.11. The molecule has 0 aliphatic carbocycles. The largest absolute Gasteiger partial charge is 0.271 e. The Morgan fingerprint density at radius 2 is 1.94 bits per heavy atom. The van der Waals surface area contributed by atoms with Crippen molar-refractivity contribution in [2.75, 3.05) is 0 Å². The SMILES string of the molecule is Cc1ccc(C(NN)c2ccc(Br)s2)cc1C. The van der Waals surface area contributed by atoms with E-state index in [2.05, 4.69) is 59.5 Å². The van der Waals surface area contributed by atoms with Gasteiger partial charge in [-0.2, -0.15) is 0 Å². The van der Waals surface area contributed by atoms with Crippen molar-refractivity contribution in [3.05, 3.63) is 55.7 Å². The highest BCUT2D eigenvalue weighted by Gasteiger charge is 2.14. The third-order valence-electron chi connectivity index (χ3n) is 2.91. The zero-order chi connectivity index (χ0) is 12.4. The fourth-order valence-electron chi connectivity index (χ4n) is 1.77. The van der Waals surface area contributed by atoms with Crippen LogP contribution in [-0.4, -0.2) is 0 Å². The molecule has 0 aliphatic heterocycles. The number of nitrogens with two attached hydrogens (primary N) is 1. The Morgan fingerprint density at radius 3 is 2.47 bits per heavy atom. The maximum Gasteiger partial charge on any atom is 0.0803 e.